The minimum atomic E-state index is -0.321. The number of pyridine rings is 1. The second-order valence-corrected chi connectivity index (χ2v) is 3.71. The van der Waals surface area contributed by atoms with E-state index in [0.717, 1.165) is 11.4 Å². The Morgan fingerprint density at radius 1 is 1.38 bits per heavy atom. The molecule has 0 saturated carbocycles. The van der Waals surface area contributed by atoms with Gasteiger partial charge in [-0.1, -0.05) is 0 Å². The van der Waals surface area contributed by atoms with Crippen LogP contribution < -0.4 is 4.90 Å². The number of rotatable bonds is 3. The summed E-state index contributed by atoms with van der Waals surface area (Å²) in [4.78, 5) is 5.95. The molecule has 4 nitrogen and oxygen atoms in total. The van der Waals surface area contributed by atoms with Crippen LogP contribution in [0.1, 0.15) is 5.56 Å². The number of hydrogen-bond donors (Lipinski definition) is 0. The molecular weight excluding hydrogens is 207 g/mol. The molecule has 0 atom stereocenters. The summed E-state index contributed by atoms with van der Waals surface area (Å²) in [6.07, 6.45) is 4.97. The summed E-state index contributed by atoms with van der Waals surface area (Å²) in [6.45, 7) is 0.701. The number of halogens is 1. The normalized spacial score (nSPS) is 10.4. The van der Waals surface area contributed by atoms with E-state index in [9.17, 15) is 4.39 Å². The van der Waals surface area contributed by atoms with Crippen LogP contribution in [0.5, 0.6) is 0 Å². The zero-order valence-corrected chi connectivity index (χ0v) is 9.26. The first-order valence-corrected chi connectivity index (χ1v) is 4.95. The van der Waals surface area contributed by atoms with Crippen LogP contribution in [0, 0.1) is 5.82 Å². The Hall–Kier alpha value is -1.91. The van der Waals surface area contributed by atoms with Crippen LogP contribution >= 0.6 is 0 Å². The molecule has 0 spiro atoms. The molecule has 0 saturated heterocycles. The maximum atomic E-state index is 12.7. The third-order valence-corrected chi connectivity index (χ3v) is 2.28. The van der Waals surface area contributed by atoms with Crippen molar-refractivity contribution in [3.63, 3.8) is 0 Å². The molecule has 2 aromatic rings. The van der Waals surface area contributed by atoms with Gasteiger partial charge in [-0.05, 0) is 12.1 Å². The van der Waals surface area contributed by atoms with E-state index in [0.29, 0.717) is 6.54 Å². The summed E-state index contributed by atoms with van der Waals surface area (Å²) < 4.78 is 14.4. The number of nitrogens with zero attached hydrogens (tertiary/aromatic N) is 4. The molecule has 2 aromatic heterocycles. The van der Waals surface area contributed by atoms with Gasteiger partial charge in [0, 0.05) is 32.4 Å². The van der Waals surface area contributed by atoms with Crippen molar-refractivity contribution in [2.45, 2.75) is 6.54 Å². The molecule has 0 aliphatic carbocycles. The summed E-state index contributed by atoms with van der Waals surface area (Å²) in [5.74, 6) is 0.420. The van der Waals surface area contributed by atoms with Crippen LogP contribution in [-0.4, -0.2) is 21.8 Å². The number of aromatic nitrogens is 3. The summed E-state index contributed by atoms with van der Waals surface area (Å²) in [5.41, 5.74) is 1.09. The maximum Gasteiger partial charge on any atom is 0.141 e. The third kappa shape index (κ3) is 2.36. The highest BCUT2D eigenvalue weighted by Gasteiger charge is 2.04. The van der Waals surface area contributed by atoms with Crippen molar-refractivity contribution in [2.75, 3.05) is 11.9 Å². The van der Waals surface area contributed by atoms with Gasteiger partial charge in [0.1, 0.15) is 11.6 Å². The van der Waals surface area contributed by atoms with Crippen LogP contribution in [0.3, 0.4) is 0 Å². The summed E-state index contributed by atoms with van der Waals surface area (Å²) >= 11 is 0. The first-order valence-electron chi connectivity index (χ1n) is 4.95. The van der Waals surface area contributed by atoms with Gasteiger partial charge in [0.05, 0.1) is 12.4 Å². The molecule has 2 heterocycles. The fourth-order valence-electron chi connectivity index (χ4n) is 1.50. The Balaban J connectivity index is 2.08. The van der Waals surface area contributed by atoms with Gasteiger partial charge < -0.3 is 4.90 Å². The molecule has 16 heavy (non-hydrogen) atoms. The molecule has 0 aromatic carbocycles. The largest absolute Gasteiger partial charge is 0.355 e. The molecule has 5 heteroatoms. The van der Waals surface area contributed by atoms with E-state index < -0.39 is 0 Å². The zero-order chi connectivity index (χ0) is 11.5. The quantitative estimate of drug-likeness (QED) is 0.787. The monoisotopic (exact) mass is 220 g/mol. The van der Waals surface area contributed by atoms with Crippen LogP contribution in [0.15, 0.2) is 30.7 Å². The van der Waals surface area contributed by atoms with Crippen LogP contribution in [0.2, 0.25) is 0 Å². The average molecular weight is 220 g/mol. The number of hydrogen-bond acceptors (Lipinski definition) is 3. The molecule has 0 bridgehead atoms. The van der Waals surface area contributed by atoms with Gasteiger partial charge >= 0.3 is 0 Å². The molecule has 0 amide bonds. The highest BCUT2D eigenvalue weighted by atomic mass is 19.1. The molecule has 0 fully saturated rings. The van der Waals surface area contributed by atoms with Crippen molar-refractivity contribution in [2.24, 2.45) is 7.05 Å². The van der Waals surface area contributed by atoms with Gasteiger partial charge in [-0.25, -0.2) is 9.37 Å². The van der Waals surface area contributed by atoms with E-state index in [1.807, 2.05) is 25.2 Å². The van der Waals surface area contributed by atoms with Crippen molar-refractivity contribution < 1.29 is 4.39 Å². The van der Waals surface area contributed by atoms with Gasteiger partial charge in [0.15, 0.2) is 0 Å². The Morgan fingerprint density at radius 2 is 2.19 bits per heavy atom. The number of anilines is 1. The Bertz CT molecular complexity index is 463. The van der Waals surface area contributed by atoms with Gasteiger partial charge in [0.25, 0.3) is 0 Å². The van der Waals surface area contributed by atoms with E-state index in [1.165, 1.54) is 12.3 Å². The summed E-state index contributed by atoms with van der Waals surface area (Å²) in [6, 6.07) is 3.06. The predicted molar refractivity (Wildman–Crippen MR) is 59.5 cm³/mol. The fraction of sp³-hybridized carbons (Fsp3) is 0.273. The van der Waals surface area contributed by atoms with E-state index in [4.69, 9.17) is 0 Å². The molecule has 2 rings (SSSR count). The minimum Gasteiger partial charge on any atom is -0.355 e. The lowest BCUT2D eigenvalue weighted by Crippen LogP contribution is -2.17. The second-order valence-electron chi connectivity index (χ2n) is 3.71. The van der Waals surface area contributed by atoms with Crippen molar-refractivity contribution in [1.29, 1.82) is 0 Å². The third-order valence-electron chi connectivity index (χ3n) is 2.28. The second kappa shape index (κ2) is 4.30. The van der Waals surface area contributed by atoms with Gasteiger partial charge in [0.2, 0.25) is 0 Å². The highest BCUT2D eigenvalue weighted by molar-refractivity contribution is 5.37. The smallest absolute Gasteiger partial charge is 0.141 e. The molecule has 0 radical (unpaired) electrons. The lowest BCUT2D eigenvalue weighted by molar-refractivity contribution is 0.621. The summed E-state index contributed by atoms with van der Waals surface area (Å²) in [7, 11) is 3.78. The van der Waals surface area contributed by atoms with Gasteiger partial charge in [-0.15, -0.1) is 0 Å². The van der Waals surface area contributed by atoms with Crippen LogP contribution in [0.25, 0.3) is 0 Å². The zero-order valence-electron chi connectivity index (χ0n) is 9.26. The van der Waals surface area contributed by atoms with Crippen molar-refractivity contribution >= 4 is 5.82 Å². The topological polar surface area (TPSA) is 34.0 Å². The molecule has 84 valence electrons. The first-order chi connectivity index (χ1) is 7.65. The van der Waals surface area contributed by atoms with E-state index >= 15 is 0 Å². The summed E-state index contributed by atoms with van der Waals surface area (Å²) in [5, 5.41) is 4.09. The molecular formula is C11H13FN4. The lowest BCUT2D eigenvalue weighted by Gasteiger charge is -2.16. The minimum absolute atomic E-state index is 0.321. The van der Waals surface area contributed by atoms with E-state index in [1.54, 1.807) is 16.9 Å². The maximum absolute atomic E-state index is 12.7. The first kappa shape index (κ1) is 10.6. The SMILES string of the molecule is CN(Cc1cnn(C)c1)c1ccc(F)cn1. The van der Waals surface area contributed by atoms with Crippen molar-refractivity contribution in [3.05, 3.63) is 42.1 Å². The average Bonchev–Trinajstić information content (AvgIpc) is 2.65. The Morgan fingerprint density at radius 3 is 2.75 bits per heavy atom. The van der Waals surface area contributed by atoms with Crippen LogP contribution in [0.4, 0.5) is 10.2 Å². The molecule has 0 unspecified atom stereocenters. The van der Waals surface area contributed by atoms with Gasteiger partial charge in [-0.2, -0.15) is 5.10 Å². The Kier molecular flexibility index (Phi) is 2.85. The van der Waals surface area contributed by atoms with E-state index in [2.05, 4.69) is 10.1 Å². The highest BCUT2D eigenvalue weighted by Crippen LogP contribution is 2.12. The standard InChI is InChI=1S/C11H13FN4/c1-15(7-9-5-14-16(2)8-9)11-4-3-10(12)6-13-11/h3-6,8H,7H2,1-2H3. The van der Waals surface area contributed by atoms with Crippen LogP contribution in [-0.2, 0) is 13.6 Å². The van der Waals surface area contributed by atoms with Crippen molar-refractivity contribution in [1.82, 2.24) is 14.8 Å². The predicted octanol–water partition coefficient (Wildman–Crippen LogP) is 1.59. The Labute approximate surface area is 93.3 Å². The molecule has 0 aliphatic rings. The lowest BCUT2D eigenvalue weighted by atomic mass is 10.3. The van der Waals surface area contributed by atoms with E-state index in [-0.39, 0.29) is 5.82 Å². The molecule has 0 N–H and O–H groups in total. The van der Waals surface area contributed by atoms with Crippen molar-refractivity contribution in [3.8, 4) is 0 Å². The fourth-order valence-corrected chi connectivity index (χ4v) is 1.50. The van der Waals surface area contributed by atoms with Gasteiger partial charge in [-0.3, -0.25) is 4.68 Å². The molecule has 0 aliphatic heterocycles. The number of aryl methyl sites for hydroxylation is 1.